The highest BCUT2D eigenvalue weighted by molar-refractivity contribution is 5.92. The Bertz CT molecular complexity index is 627. The summed E-state index contributed by atoms with van der Waals surface area (Å²) in [6, 6.07) is 5.76. The van der Waals surface area contributed by atoms with E-state index in [1.165, 1.54) is 12.8 Å². The molecular weight excluding hydrogens is 280 g/mol. The Morgan fingerprint density at radius 1 is 1.45 bits per heavy atom. The van der Waals surface area contributed by atoms with Crippen LogP contribution in [0, 0.1) is 6.92 Å². The highest BCUT2D eigenvalue weighted by atomic mass is 16.3. The van der Waals surface area contributed by atoms with Crippen LogP contribution >= 0.6 is 0 Å². The van der Waals surface area contributed by atoms with Crippen molar-refractivity contribution < 1.29 is 9.21 Å². The van der Waals surface area contributed by atoms with E-state index in [0.717, 1.165) is 24.5 Å². The molecule has 0 aliphatic carbocycles. The van der Waals surface area contributed by atoms with Gasteiger partial charge in [0.15, 0.2) is 0 Å². The van der Waals surface area contributed by atoms with Gasteiger partial charge in [0.1, 0.15) is 11.5 Å². The molecule has 1 N–H and O–H groups in total. The number of hydrogen-bond acceptors (Lipinski definition) is 4. The minimum Gasteiger partial charge on any atom is -0.468 e. The van der Waals surface area contributed by atoms with Crippen molar-refractivity contribution in [3.8, 4) is 0 Å². The van der Waals surface area contributed by atoms with Gasteiger partial charge in [-0.1, -0.05) is 0 Å². The van der Waals surface area contributed by atoms with Gasteiger partial charge >= 0.3 is 0 Å². The summed E-state index contributed by atoms with van der Waals surface area (Å²) in [7, 11) is 1.78. The van der Waals surface area contributed by atoms with Crippen LogP contribution in [0.3, 0.4) is 0 Å². The number of amides is 1. The van der Waals surface area contributed by atoms with Crippen LogP contribution in [0.1, 0.15) is 40.8 Å². The topological polar surface area (TPSA) is 63.3 Å². The van der Waals surface area contributed by atoms with Crippen LogP contribution in [0.25, 0.3) is 0 Å². The Morgan fingerprint density at radius 2 is 2.23 bits per heavy atom. The normalized spacial score (nSPS) is 16.8. The molecule has 0 radical (unpaired) electrons. The van der Waals surface area contributed by atoms with Crippen molar-refractivity contribution in [3.05, 3.63) is 41.6 Å². The molecule has 1 amide bonds. The zero-order chi connectivity index (χ0) is 15.5. The van der Waals surface area contributed by atoms with E-state index in [1.807, 2.05) is 19.1 Å². The summed E-state index contributed by atoms with van der Waals surface area (Å²) in [5, 5.41) is 7.23. The molecule has 1 fully saturated rings. The fourth-order valence-corrected chi connectivity index (χ4v) is 3.05. The zero-order valence-corrected chi connectivity index (χ0v) is 13.1. The Hall–Kier alpha value is -2.08. The molecule has 0 saturated carbocycles. The number of rotatable bonds is 5. The molecule has 3 heterocycles. The first-order chi connectivity index (χ1) is 10.6. The highest BCUT2D eigenvalue weighted by Gasteiger charge is 2.26. The van der Waals surface area contributed by atoms with E-state index in [1.54, 1.807) is 24.1 Å². The second-order valence-electron chi connectivity index (χ2n) is 5.78. The number of furan rings is 1. The van der Waals surface area contributed by atoms with Crippen LogP contribution in [0.5, 0.6) is 0 Å². The Kier molecular flexibility index (Phi) is 4.29. The average molecular weight is 302 g/mol. The van der Waals surface area contributed by atoms with Crippen molar-refractivity contribution in [3.63, 3.8) is 0 Å². The van der Waals surface area contributed by atoms with Gasteiger partial charge in [0.25, 0.3) is 5.91 Å². The number of hydrogen-bond donors (Lipinski definition) is 1. The second kappa shape index (κ2) is 6.36. The van der Waals surface area contributed by atoms with Gasteiger partial charge in [-0.05, 0) is 51.1 Å². The van der Waals surface area contributed by atoms with Crippen molar-refractivity contribution >= 4 is 5.91 Å². The molecule has 3 rings (SSSR count). The molecule has 1 aliphatic rings. The fourth-order valence-electron chi connectivity index (χ4n) is 3.05. The first-order valence-corrected chi connectivity index (χ1v) is 7.71. The maximum Gasteiger partial charge on any atom is 0.269 e. The van der Waals surface area contributed by atoms with Gasteiger partial charge in [-0.15, -0.1) is 0 Å². The van der Waals surface area contributed by atoms with Gasteiger partial charge in [-0.3, -0.25) is 14.4 Å². The maximum atomic E-state index is 12.3. The maximum absolute atomic E-state index is 12.3. The highest BCUT2D eigenvalue weighted by Crippen LogP contribution is 2.24. The molecule has 1 aliphatic heterocycles. The SMILES string of the molecule is Cc1cc(C(=O)NC[C@H](c2ccco2)N2CCCC2)n(C)n1. The summed E-state index contributed by atoms with van der Waals surface area (Å²) in [4.78, 5) is 14.7. The smallest absolute Gasteiger partial charge is 0.269 e. The van der Waals surface area contributed by atoms with E-state index in [2.05, 4.69) is 15.3 Å². The van der Waals surface area contributed by atoms with E-state index in [-0.39, 0.29) is 11.9 Å². The minimum absolute atomic E-state index is 0.0933. The molecule has 2 aromatic heterocycles. The van der Waals surface area contributed by atoms with E-state index in [0.29, 0.717) is 12.2 Å². The summed E-state index contributed by atoms with van der Waals surface area (Å²) in [5.41, 5.74) is 1.42. The van der Waals surface area contributed by atoms with E-state index >= 15 is 0 Å². The molecule has 22 heavy (non-hydrogen) atoms. The third kappa shape index (κ3) is 3.06. The van der Waals surface area contributed by atoms with Gasteiger partial charge < -0.3 is 9.73 Å². The lowest BCUT2D eigenvalue weighted by atomic mass is 10.2. The fraction of sp³-hybridized carbons (Fsp3) is 0.500. The Balaban J connectivity index is 1.68. The Morgan fingerprint density at radius 3 is 2.82 bits per heavy atom. The summed E-state index contributed by atoms with van der Waals surface area (Å²) < 4.78 is 7.18. The first kappa shape index (κ1) is 14.8. The van der Waals surface area contributed by atoms with E-state index < -0.39 is 0 Å². The molecule has 118 valence electrons. The number of nitrogens with one attached hydrogen (secondary N) is 1. The van der Waals surface area contributed by atoms with Crippen LogP contribution in [-0.2, 0) is 7.05 Å². The number of aromatic nitrogens is 2. The standard InChI is InChI=1S/C16H22N4O2/c1-12-10-13(19(2)18-12)16(21)17-11-14(15-6-5-9-22-15)20-7-3-4-8-20/h5-6,9-10,14H,3-4,7-8,11H2,1-2H3,(H,17,21)/t14-/m1/s1. The number of carbonyl (C=O) groups excluding carboxylic acids is 1. The van der Waals surface area contributed by atoms with Crippen LogP contribution in [-0.4, -0.2) is 40.2 Å². The summed E-state index contributed by atoms with van der Waals surface area (Å²) in [5.74, 6) is 0.808. The molecular formula is C16H22N4O2. The van der Waals surface area contributed by atoms with Gasteiger partial charge in [0, 0.05) is 13.6 Å². The molecule has 1 atom stereocenters. The number of carbonyl (C=O) groups is 1. The predicted molar refractivity (Wildman–Crippen MR) is 82.5 cm³/mol. The van der Waals surface area contributed by atoms with Crippen molar-refractivity contribution in [1.82, 2.24) is 20.0 Å². The molecule has 0 spiro atoms. The van der Waals surface area contributed by atoms with Gasteiger partial charge in [-0.2, -0.15) is 5.10 Å². The quantitative estimate of drug-likeness (QED) is 0.916. The predicted octanol–water partition coefficient (Wildman–Crippen LogP) is 1.89. The second-order valence-corrected chi connectivity index (χ2v) is 5.78. The molecule has 6 heteroatoms. The molecule has 0 aromatic carbocycles. The van der Waals surface area contributed by atoms with E-state index in [9.17, 15) is 4.79 Å². The lowest BCUT2D eigenvalue weighted by Crippen LogP contribution is -2.37. The number of nitrogens with zero attached hydrogens (tertiary/aromatic N) is 3. The monoisotopic (exact) mass is 302 g/mol. The molecule has 0 bridgehead atoms. The summed E-state index contributed by atoms with van der Waals surface area (Å²) >= 11 is 0. The number of aryl methyl sites for hydroxylation is 2. The van der Waals surface area contributed by atoms with Crippen molar-refractivity contribution in [1.29, 1.82) is 0 Å². The molecule has 0 unspecified atom stereocenters. The van der Waals surface area contributed by atoms with Gasteiger partial charge in [-0.25, -0.2) is 0 Å². The van der Waals surface area contributed by atoms with Gasteiger partial charge in [0.05, 0.1) is 18.0 Å². The summed E-state index contributed by atoms with van der Waals surface area (Å²) in [6.45, 7) is 4.52. The third-order valence-corrected chi connectivity index (χ3v) is 4.14. The molecule has 2 aromatic rings. The minimum atomic E-state index is -0.0983. The first-order valence-electron chi connectivity index (χ1n) is 7.71. The van der Waals surface area contributed by atoms with Crippen LogP contribution in [0.2, 0.25) is 0 Å². The molecule has 1 saturated heterocycles. The Labute approximate surface area is 130 Å². The zero-order valence-electron chi connectivity index (χ0n) is 13.1. The van der Waals surface area contributed by atoms with Gasteiger partial charge in [0.2, 0.25) is 0 Å². The molecule has 6 nitrogen and oxygen atoms in total. The van der Waals surface area contributed by atoms with Crippen LogP contribution in [0.4, 0.5) is 0 Å². The average Bonchev–Trinajstić information content (AvgIpc) is 3.21. The lowest BCUT2D eigenvalue weighted by Gasteiger charge is -2.25. The number of likely N-dealkylation sites (tertiary alicyclic amines) is 1. The van der Waals surface area contributed by atoms with Crippen LogP contribution in [0.15, 0.2) is 28.9 Å². The largest absolute Gasteiger partial charge is 0.468 e. The third-order valence-electron chi connectivity index (χ3n) is 4.14. The summed E-state index contributed by atoms with van der Waals surface area (Å²) in [6.07, 6.45) is 4.09. The lowest BCUT2D eigenvalue weighted by molar-refractivity contribution is 0.0924. The van der Waals surface area contributed by atoms with Crippen LogP contribution < -0.4 is 5.32 Å². The van der Waals surface area contributed by atoms with Crippen molar-refractivity contribution in [2.24, 2.45) is 7.05 Å². The van der Waals surface area contributed by atoms with E-state index in [4.69, 9.17) is 4.42 Å². The van der Waals surface area contributed by atoms with Crippen molar-refractivity contribution in [2.45, 2.75) is 25.8 Å². The van der Waals surface area contributed by atoms with Crippen molar-refractivity contribution in [2.75, 3.05) is 19.6 Å².